The van der Waals surface area contributed by atoms with Crippen LogP contribution in [0.15, 0.2) is 0 Å². The van der Waals surface area contributed by atoms with E-state index in [1.807, 2.05) is 0 Å². The van der Waals surface area contributed by atoms with Gasteiger partial charge in [0, 0.05) is 15.7 Å². The fourth-order valence-electron chi connectivity index (χ4n) is 0.164. The molecule has 0 aliphatic carbocycles. The molecule has 0 spiro atoms. The normalized spacial score (nSPS) is 21.4. The topological polar surface area (TPSA) is 37.3 Å². The summed E-state index contributed by atoms with van der Waals surface area (Å²) in [6.45, 7) is -1.61. The molecule has 0 radical (unpaired) electrons. The van der Waals surface area contributed by atoms with Crippen LogP contribution in [0.2, 0.25) is 0 Å². The summed E-state index contributed by atoms with van der Waals surface area (Å²) in [5.41, 5.74) is 0. The van der Waals surface area contributed by atoms with E-state index in [1.165, 1.54) is 0 Å². The number of carbonyl (C=O) groups excluding carboxylic acids is 1. The fraction of sp³-hybridized carbons (Fsp3) is 0.800. The Morgan fingerprint density at radius 3 is 2.71 bits per heavy atom. The fourth-order valence-corrected chi connectivity index (χ4v) is 0.164. The summed E-state index contributed by atoms with van der Waals surface area (Å²) in [6.07, 6.45) is -3.10. The van der Waals surface area contributed by atoms with Gasteiger partial charge in [-0.2, -0.15) is 0 Å². The van der Waals surface area contributed by atoms with Crippen molar-refractivity contribution in [3.63, 3.8) is 0 Å². The van der Waals surface area contributed by atoms with Crippen LogP contribution in [0, 0.1) is 0 Å². The lowest BCUT2D eigenvalue weighted by atomic mass is 10.2. The van der Waals surface area contributed by atoms with Crippen molar-refractivity contribution in [2.45, 2.75) is 19.7 Å². The molecule has 0 rings (SSSR count). The van der Waals surface area contributed by atoms with Crippen LogP contribution < -0.4 is 0 Å². The van der Waals surface area contributed by atoms with E-state index in [9.17, 15) is 4.79 Å². The Morgan fingerprint density at radius 1 is 2.00 bits per heavy atom. The van der Waals surface area contributed by atoms with Crippen LogP contribution in [0.25, 0.3) is 0 Å². The Hall–Kier alpha value is -0.370. The summed E-state index contributed by atoms with van der Waals surface area (Å²) in [4.78, 5) is 10.5. The Bertz CT molecular complexity index is 160. The van der Waals surface area contributed by atoms with Crippen LogP contribution in [0.5, 0.6) is 0 Å². The molecule has 2 heteroatoms. The maximum absolute atomic E-state index is 10.5. The van der Waals surface area contributed by atoms with E-state index in [0.717, 1.165) is 6.92 Å². The molecular formula is C5H10O2. The number of hydrogen-bond donors (Lipinski definition) is 1. The number of hydrogen-bond acceptors (Lipinski definition) is 2. The highest BCUT2D eigenvalue weighted by molar-refractivity contribution is 5.75. The molecule has 1 N–H and O–H groups in total. The Labute approximate surface area is 48.8 Å². The van der Waals surface area contributed by atoms with Crippen LogP contribution in [0.3, 0.4) is 0 Å². The monoisotopic (exact) mass is 106 g/mol. The molecule has 0 aromatic carbocycles. The minimum atomic E-state index is -2.63. The van der Waals surface area contributed by atoms with E-state index < -0.39 is 25.1 Å². The van der Waals surface area contributed by atoms with Crippen LogP contribution in [-0.4, -0.2) is 17.4 Å². The number of rotatable bonds is 3. The number of aliphatic hydroxyl groups is 1. The summed E-state index contributed by atoms with van der Waals surface area (Å²) in [5, 5.41) is 8.54. The van der Waals surface area contributed by atoms with Gasteiger partial charge in [-0.3, -0.25) is 0 Å². The molecule has 0 fully saturated rings. The maximum atomic E-state index is 10.5. The average molecular weight is 106 g/mol. The molecule has 0 amide bonds. The summed E-state index contributed by atoms with van der Waals surface area (Å²) in [5.74, 6) is -0.782. The summed E-state index contributed by atoms with van der Waals surface area (Å²) in [7, 11) is 0. The van der Waals surface area contributed by atoms with Crippen molar-refractivity contribution in [1.29, 1.82) is 0 Å². The number of ketones is 1. The highest BCUT2D eigenvalue weighted by atomic mass is 16.3. The quantitative estimate of drug-likeness (QED) is 0.563. The van der Waals surface area contributed by atoms with E-state index in [-0.39, 0.29) is 0 Å². The SMILES string of the molecule is [2H]C([2H])(O)CC([2H])([2H])C(C)=O. The van der Waals surface area contributed by atoms with Gasteiger partial charge in [0.15, 0.2) is 0 Å². The molecule has 0 aromatic rings. The van der Waals surface area contributed by atoms with Gasteiger partial charge in [0.1, 0.15) is 5.78 Å². The van der Waals surface area contributed by atoms with E-state index in [1.54, 1.807) is 0 Å². The zero-order valence-corrected chi connectivity index (χ0v) is 4.06. The molecule has 7 heavy (non-hydrogen) atoms. The molecule has 0 aromatic heterocycles. The van der Waals surface area contributed by atoms with E-state index in [2.05, 4.69) is 0 Å². The predicted octanol–water partition coefficient (Wildman–Crippen LogP) is 0.348. The second kappa shape index (κ2) is 3.81. The number of carbonyl (C=O) groups is 1. The number of Topliss-reactive ketones (excluding diaryl/α,β-unsaturated/α-hetero) is 1. The highest BCUT2D eigenvalue weighted by Crippen LogP contribution is 1.85. The molecule has 0 aliphatic heterocycles. The van der Waals surface area contributed by atoms with Crippen LogP contribution in [-0.2, 0) is 4.79 Å². The standard InChI is InChI=1S/C5H10O2/c1-5(7)3-2-4-6/h6H,2-4H2,1H3/i3D2,4D2. The third kappa shape index (κ3) is 5.63. The summed E-state index contributed by atoms with van der Waals surface area (Å²) < 4.78 is 27.1. The van der Waals surface area contributed by atoms with Crippen LogP contribution in [0.4, 0.5) is 0 Å². The van der Waals surface area contributed by atoms with Crippen molar-refractivity contribution in [3.8, 4) is 0 Å². The molecule has 0 saturated carbocycles. The molecule has 0 atom stereocenters. The largest absolute Gasteiger partial charge is 0.396 e. The second-order valence-corrected chi connectivity index (χ2v) is 1.07. The van der Waals surface area contributed by atoms with Gasteiger partial charge in [0.25, 0.3) is 0 Å². The predicted molar refractivity (Wildman–Crippen MR) is 27.0 cm³/mol. The third-order valence-electron chi connectivity index (χ3n) is 0.416. The lowest BCUT2D eigenvalue weighted by Gasteiger charge is -1.86. The minimum Gasteiger partial charge on any atom is -0.396 e. The van der Waals surface area contributed by atoms with Gasteiger partial charge < -0.3 is 9.90 Å². The summed E-state index contributed by atoms with van der Waals surface area (Å²) in [6, 6.07) is 0. The molecule has 42 valence electrons. The van der Waals surface area contributed by atoms with Crippen molar-refractivity contribution in [2.75, 3.05) is 6.56 Å². The lowest BCUT2D eigenvalue weighted by Crippen LogP contribution is -1.91. The minimum absolute atomic E-state index is 0.782. The second-order valence-electron chi connectivity index (χ2n) is 1.07. The van der Waals surface area contributed by atoms with Crippen molar-refractivity contribution < 1.29 is 15.4 Å². The van der Waals surface area contributed by atoms with Crippen molar-refractivity contribution in [3.05, 3.63) is 0 Å². The summed E-state index contributed by atoms with van der Waals surface area (Å²) >= 11 is 0. The first-order chi connectivity index (χ1) is 4.65. The van der Waals surface area contributed by atoms with Gasteiger partial charge in [0.05, 0.1) is 2.74 Å². The zero-order chi connectivity index (χ0) is 9.28. The molecule has 2 nitrogen and oxygen atoms in total. The first-order valence-electron chi connectivity index (χ1n) is 3.88. The Kier molecular flexibility index (Phi) is 1.23. The Morgan fingerprint density at radius 2 is 2.57 bits per heavy atom. The van der Waals surface area contributed by atoms with Crippen molar-refractivity contribution in [1.82, 2.24) is 0 Å². The van der Waals surface area contributed by atoms with E-state index >= 15 is 0 Å². The molecule has 0 heterocycles. The first kappa shape index (κ1) is 2.27. The Balaban J connectivity index is 4.25. The van der Waals surface area contributed by atoms with Gasteiger partial charge in [-0.15, -0.1) is 0 Å². The van der Waals surface area contributed by atoms with Gasteiger partial charge in [-0.25, -0.2) is 0 Å². The van der Waals surface area contributed by atoms with Gasteiger partial charge >= 0.3 is 0 Å². The molecule has 0 bridgehead atoms. The van der Waals surface area contributed by atoms with Gasteiger partial charge in [0.2, 0.25) is 0 Å². The van der Waals surface area contributed by atoms with Crippen LogP contribution in [0.1, 0.15) is 25.2 Å². The van der Waals surface area contributed by atoms with Crippen molar-refractivity contribution in [2.24, 2.45) is 0 Å². The molecule has 0 unspecified atom stereocenters. The molecule has 0 saturated heterocycles. The first-order valence-corrected chi connectivity index (χ1v) is 1.88. The highest BCUT2D eigenvalue weighted by Gasteiger charge is 1.88. The van der Waals surface area contributed by atoms with E-state index in [0.29, 0.717) is 0 Å². The van der Waals surface area contributed by atoms with Gasteiger partial charge in [-0.1, -0.05) is 0 Å². The maximum Gasteiger partial charge on any atom is 0.129 e. The zero-order valence-electron chi connectivity index (χ0n) is 8.06. The van der Waals surface area contributed by atoms with E-state index in [4.69, 9.17) is 10.6 Å². The lowest BCUT2D eigenvalue weighted by molar-refractivity contribution is -0.117. The smallest absolute Gasteiger partial charge is 0.129 e. The molecular weight excluding hydrogens is 92.1 g/mol. The average Bonchev–Trinajstić information content (AvgIpc) is 1.56. The molecule has 0 aliphatic rings. The van der Waals surface area contributed by atoms with Crippen LogP contribution >= 0.6 is 0 Å². The van der Waals surface area contributed by atoms with Crippen molar-refractivity contribution >= 4 is 5.78 Å². The third-order valence-corrected chi connectivity index (χ3v) is 0.416. The van der Waals surface area contributed by atoms with Gasteiger partial charge in [-0.05, 0) is 13.3 Å².